The van der Waals surface area contributed by atoms with E-state index in [4.69, 9.17) is 5.11 Å². The number of hydrogen-bond donors (Lipinski definition) is 2. The van der Waals surface area contributed by atoms with Crippen molar-refractivity contribution in [3.8, 4) is 0 Å². The van der Waals surface area contributed by atoms with Gasteiger partial charge in [-0.05, 0) is 43.2 Å². The van der Waals surface area contributed by atoms with Crippen molar-refractivity contribution >= 4 is 17.2 Å². The molecule has 0 fully saturated rings. The third-order valence-electron chi connectivity index (χ3n) is 3.30. The molecule has 0 unspecified atom stereocenters. The maximum absolute atomic E-state index is 12.1. The second-order valence-corrected chi connectivity index (χ2v) is 6.88. The maximum atomic E-state index is 12.1. The van der Waals surface area contributed by atoms with Crippen LogP contribution in [0.5, 0.6) is 0 Å². The van der Waals surface area contributed by atoms with Crippen LogP contribution in [-0.4, -0.2) is 24.2 Å². The molecule has 1 heterocycles. The number of carbonyl (C=O) groups excluding carboxylic acids is 1. The van der Waals surface area contributed by atoms with E-state index in [1.165, 1.54) is 10.4 Å². The molecule has 3 nitrogen and oxygen atoms in total. The molecule has 2 N–H and O–H groups in total. The van der Waals surface area contributed by atoms with Crippen molar-refractivity contribution in [2.75, 3.05) is 13.2 Å². The molecule has 4 heteroatoms. The quantitative estimate of drug-likeness (QED) is 0.807. The standard InChI is InChI=1S/C15H25NO2S/c1-5-12-11(2)9-13(19-12)14(18)16-10-15(3,4)7-6-8-17/h9,17H,5-8,10H2,1-4H3,(H,16,18). The number of nitrogens with one attached hydrogen (secondary N) is 1. The Morgan fingerprint density at radius 2 is 2.16 bits per heavy atom. The molecule has 1 aromatic heterocycles. The molecular weight excluding hydrogens is 258 g/mol. The number of hydrogen-bond acceptors (Lipinski definition) is 3. The molecule has 0 atom stereocenters. The molecule has 19 heavy (non-hydrogen) atoms. The molecule has 1 amide bonds. The third kappa shape index (κ3) is 4.96. The first-order valence-corrected chi connectivity index (χ1v) is 7.69. The van der Waals surface area contributed by atoms with Crippen LogP contribution in [0.15, 0.2) is 6.07 Å². The van der Waals surface area contributed by atoms with Crippen LogP contribution in [0.4, 0.5) is 0 Å². The summed E-state index contributed by atoms with van der Waals surface area (Å²) in [5.41, 5.74) is 1.23. The Labute approximate surface area is 120 Å². The van der Waals surface area contributed by atoms with Gasteiger partial charge in [0.15, 0.2) is 0 Å². The van der Waals surface area contributed by atoms with E-state index in [1.807, 2.05) is 6.07 Å². The van der Waals surface area contributed by atoms with Gasteiger partial charge in [0.05, 0.1) is 4.88 Å². The first kappa shape index (κ1) is 16.2. The van der Waals surface area contributed by atoms with Crippen molar-refractivity contribution in [3.63, 3.8) is 0 Å². The summed E-state index contributed by atoms with van der Waals surface area (Å²) in [6.07, 6.45) is 2.67. The monoisotopic (exact) mass is 283 g/mol. The minimum atomic E-state index is 0.0184. The molecule has 0 spiro atoms. The fourth-order valence-electron chi connectivity index (χ4n) is 2.04. The van der Waals surface area contributed by atoms with Gasteiger partial charge in [0.1, 0.15) is 0 Å². The molecule has 0 aliphatic rings. The molecule has 0 aromatic carbocycles. The fraction of sp³-hybridized carbons (Fsp3) is 0.667. The third-order valence-corrected chi connectivity index (χ3v) is 4.68. The van der Waals surface area contributed by atoms with Crippen LogP contribution in [-0.2, 0) is 6.42 Å². The highest BCUT2D eigenvalue weighted by atomic mass is 32.1. The SMILES string of the molecule is CCc1sc(C(=O)NCC(C)(C)CCCO)cc1C. The Morgan fingerprint density at radius 3 is 2.68 bits per heavy atom. The number of aliphatic hydroxyl groups is 1. The van der Waals surface area contributed by atoms with Gasteiger partial charge in [0.25, 0.3) is 5.91 Å². The highest BCUT2D eigenvalue weighted by Gasteiger charge is 2.19. The van der Waals surface area contributed by atoms with Crippen LogP contribution in [0.3, 0.4) is 0 Å². The number of rotatable bonds is 7. The largest absolute Gasteiger partial charge is 0.396 e. The summed E-state index contributed by atoms with van der Waals surface area (Å²) in [6.45, 7) is 9.24. The summed E-state index contributed by atoms with van der Waals surface area (Å²) in [4.78, 5) is 14.2. The van der Waals surface area contributed by atoms with Crippen LogP contribution in [0.25, 0.3) is 0 Å². The molecule has 1 rings (SSSR count). The molecule has 0 bridgehead atoms. The van der Waals surface area contributed by atoms with Crippen LogP contribution < -0.4 is 5.32 Å². The number of amides is 1. The Balaban J connectivity index is 2.55. The highest BCUT2D eigenvalue weighted by molar-refractivity contribution is 7.14. The van der Waals surface area contributed by atoms with Crippen LogP contribution in [0.2, 0.25) is 0 Å². The molecule has 1 aromatic rings. The van der Waals surface area contributed by atoms with Crippen molar-refractivity contribution in [2.24, 2.45) is 5.41 Å². The van der Waals surface area contributed by atoms with Gasteiger partial charge in [-0.3, -0.25) is 4.79 Å². The normalized spacial score (nSPS) is 11.6. The lowest BCUT2D eigenvalue weighted by atomic mass is 9.88. The topological polar surface area (TPSA) is 49.3 Å². The number of aliphatic hydroxyl groups excluding tert-OH is 1. The van der Waals surface area contributed by atoms with Crippen LogP contribution in [0, 0.1) is 12.3 Å². The second kappa shape index (κ2) is 7.06. The zero-order valence-electron chi connectivity index (χ0n) is 12.4. The minimum absolute atomic E-state index is 0.0184. The molecule has 0 aliphatic carbocycles. The Morgan fingerprint density at radius 1 is 1.47 bits per heavy atom. The lowest BCUT2D eigenvalue weighted by Crippen LogP contribution is -2.33. The van der Waals surface area contributed by atoms with Crippen molar-refractivity contribution in [1.29, 1.82) is 0 Å². The molecule has 0 radical (unpaired) electrons. The summed E-state index contributed by atoms with van der Waals surface area (Å²) < 4.78 is 0. The van der Waals surface area contributed by atoms with Crippen molar-refractivity contribution < 1.29 is 9.90 Å². The molecular formula is C15H25NO2S. The van der Waals surface area contributed by atoms with Gasteiger partial charge < -0.3 is 10.4 Å². The van der Waals surface area contributed by atoms with E-state index >= 15 is 0 Å². The van der Waals surface area contributed by atoms with Crippen LogP contribution >= 0.6 is 11.3 Å². The van der Waals surface area contributed by atoms with Crippen LogP contribution in [0.1, 0.15) is 53.7 Å². The smallest absolute Gasteiger partial charge is 0.261 e. The zero-order valence-corrected chi connectivity index (χ0v) is 13.2. The molecule has 0 saturated heterocycles. The first-order chi connectivity index (χ1) is 8.89. The lowest BCUT2D eigenvalue weighted by molar-refractivity contribution is 0.0937. The molecule has 0 aliphatic heterocycles. The predicted octanol–water partition coefficient (Wildman–Crippen LogP) is 3.15. The van der Waals surface area contributed by atoms with Crippen molar-refractivity contribution in [3.05, 3.63) is 21.4 Å². The van der Waals surface area contributed by atoms with E-state index < -0.39 is 0 Å². The fourth-order valence-corrected chi connectivity index (χ4v) is 3.07. The maximum Gasteiger partial charge on any atom is 0.261 e. The second-order valence-electron chi connectivity index (χ2n) is 5.74. The van der Waals surface area contributed by atoms with Gasteiger partial charge in [-0.15, -0.1) is 11.3 Å². The number of thiophene rings is 1. The molecule has 108 valence electrons. The lowest BCUT2D eigenvalue weighted by Gasteiger charge is -2.24. The average molecular weight is 283 g/mol. The van der Waals surface area contributed by atoms with Gasteiger partial charge >= 0.3 is 0 Å². The summed E-state index contributed by atoms with van der Waals surface area (Å²) >= 11 is 1.58. The van der Waals surface area contributed by atoms with E-state index in [9.17, 15) is 4.79 Å². The van der Waals surface area contributed by atoms with E-state index in [1.54, 1.807) is 11.3 Å². The summed E-state index contributed by atoms with van der Waals surface area (Å²) in [7, 11) is 0. The highest BCUT2D eigenvalue weighted by Crippen LogP contribution is 2.24. The van der Waals surface area contributed by atoms with Gasteiger partial charge in [0.2, 0.25) is 0 Å². The van der Waals surface area contributed by atoms with Crippen molar-refractivity contribution in [1.82, 2.24) is 5.32 Å². The van der Waals surface area contributed by atoms with Crippen molar-refractivity contribution in [2.45, 2.75) is 47.0 Å². The average Bonchev–Trinajstić information content (AvgIpc) is 2.75. The minimum Gasteiger partial charge on any atom is -0.396 e. The summed E-state index contributed by atoms with van der Waals surface area (Å²) in [5.74, 6) is 0.0184. The number of aryl methyl sites for hydroxylation is 2. The predicted molar refractivity (Wildman–Crippen MR) is 80.9 cm³/mol. The Bertz CT molecular complexity index is 424. The molecule has 0 saturated carbocycles. The first-order valence-electron chi connectivity index (χ1n) is 6.88. The van der Waals surface area contributed by atoms with E-state index in [-0.39, 0.29) is 17.9 Å². The van der Waals surface area contributed by atoms with Gasteiger partial charge in [-0.1, -0.05) is 20.8 Å². The van der Waals surface area contributed by atoms with E-state index in [0.29, 0.717) is 6.54 Å². The summed E-state index contributed by atoms with van der Waals surface area (Å²) in [6, 6.07) is 1.97. The zero-order chi connectivity index (χ0) is 14.5. The van der Waals surface area contributed by atoms with E-state index in [2.05, 4.69) is 33.0 Å². The van der Waals surface area contributed by atoms with Gasteiger partial charge in [-0.25, -0.2) is 0 Å². The van der Waals surface area contributed by atoms with E-state index in [0.717, 1.165) is 24.1 Å². The Hall–Kier alpha value is -0.870. The van der Waals surface area contributed by atoms with Gasteiger partial charge in [0, 0.05) is 18.0 Å². The Kier molecular flexibility index (Phi) is 6.01. The summed E-state index contributed by atoms with van der Waals surface area (Å²) in [5, 5.41) is 11.9. The number of carbonyl (C=O) groups is 1. The van der Waals surface area contributed by atoms with Gasteiger partial charge in [-0.2, -0.15) is 0 Å².